The second kappa shape index (κ2) is 12.3. The zero-order chi connectivity index (χ0) is 28.3. The Morgan fingerprint density at radius 2 is 1.75 bits per heavy atom. The molecule has 2 aliphatic rings. The minimum absolute atomic E-state index is 0.0312. The van der Waals surface area contributed by atoms with Crippen molar-refractivity contribution in [3.63, 3.8) is 0 Å². The van der Waals surface area contributed by atoms with Crippen molar-refractivity contribution >= 4 is 37.8 Å². The molecule has 0 aliphatic carbocycles. The van der Waals surface area contributed by atoms with Crippen molar-refractivity contribution < 1.29 is 17.6 Å². The molecule has 2 aliphatic heterocycles. The molecule has 12 heteroatoms. The number of likely N-dealkylation sites (N-methyl/N-ethyl adjacent to an activating group) is 1. The van der Waals surface area contributed by atoms with Crippen molar-refractivity contribution in [3.8, 4) is 11.3 Å². The summed E-state index contributed by atoms with van der Waals surface area (Å²) in [7, 11) is -1.84. The molecule has 1 aromatic heterocycles. The zero-order valence-electron chi connectivity index (χ0n) is 22.3. The molecule has 0 saturated carbocycles. The highest BCUT2D eigenvalue weighted by Gasteiger charge is 2.39. The number of hydrogen-bond donors (Lipinski definition) is 1. The van der Waals surface area contributed by atoms with Crippen LogP contribution >= 0.6 is 15.9 Å². The number of carbonyl (C=O) groups excluding carboxylic acids is 1. The Balaban J connectivity index is 1.36. The summed E-state index contributed by atoms with van der Waals surface area (Å²) in [6, 6.07) is 13.5. The van der Waals surface area contributed by atoms with Crippen molar-refractivity contribution in [2.24, 2.45) is 0 Å². The second-order valence-electron chi connectivity index (χ2n) is 10.1. The van der Waals surface area contributed by atoms with E-state index in [9.17, 15) is 17.6 Å². The van der Waals surface area contributed by atoms with Gasteiger partial charge < -0.3 is 15.1 Å². The van der Waals surface area contributed by atoms with E-state index < -0.39 is 21.9 Å². The molecule has 2 fully saturated rings. The van der Waals surface area contributed by atoms with Crippen LogP contribution in [0.1, 0.15) is 25.0 Å². The number of nitrogens with one attached hydrogen (secondary N) is 1. The van der Waals surface area contributed by atoms with Crippen LogP contribution in [0.5, 0.6) is 0 Å². The van der Waals surface area contributed by atoms with Gasteiger partial charge in [-0.1, -0.05) is 28.1 Å². The van der Waals surface area contributed by atoms with Crippen molar-refractivity contribution in [1.82, 2.24) is 24.5 Å². The van der Waals surface area contributed by atoms with E-state index in [0.29, 0.717) is 24.5 Å². The van der Waals surface area contributed by atoms with E-state index in [1.54, 1.807) is 0 Å². The first-order valence-corrected chi connectivity index (χ1v) is 15.6. The Hall–Kier alpha value is -2.93. The quantitative estimate of drug-likeness (QED) is 0.425. The molecule has 2 aromatic carbocycles. The van der Waals surface area contributed by atoms with Crippen LogP contribution in [-0.2, 0) is 21.4 Å². The van der Waals surface area contributed by atoms with Crippen LogP contribution in [-0.4, -0.2) is 79.3 Å². The average Bonchev–Trinajstić information content (AvgIpc) is 3.35. The third kappa shape index (κ3) is 6.51. The molecule has 5 rings (SSSR count). The average molecular weight is 632 g/mol. The lowest BCUT2D eigenvalue weighted by molar-refractivity contribution is -0.124. The lowest BCUT2D eigenvalue weighted by Crippen LogP contribution is -2.45. The summed E-state index contributed by atoms with van der Waals surface area (Å²) in [5.74, 6) is -0.292. The lowest BCUT2D eigenvalue weighted by Gasteiger charge is -2.24. The maximum Gasteiger partial charge on any atom is 0.243 e. The van der Waals surface area contributed by atoms with E-state index in [1.807, 2.05) is 30.3 Å². The normalized spacial score (nSPS) is 19.0. The molecule has 0 radical (unpaired) electrons. The van der Waals surface area contributed by atoms with Crippen molar-refractivity contribution in [2.75, 3.05) is 44.7 Å². The number of hydrogen-bond acceptors (Lipinski definition) is 7. The van der Waals surface area contributed by atoms with Gasteiger partial charge in [0.25, 0.3) is 0 Å². The SMILES string of the molecule is CN1CCCN(c2nc(CNC(=O)C3CCCN3S(=O)(=O)c3ccc(F)cc3)cc(-c3ccc(Br)cc3)n2)CC1. The third-order valence-electron chi connectivity index (χ3n) is 7.28. The molecular weight excluding hydrogens is 599 g/mol. The van der Waals surface area contributed by atoms with Gasteiger partial charge in [0, 0.05) is 36.2 Å². The van der Waals surface area contributed by atoms with Gasteiger partial charge in [-0.3, -0.25) is 4.79 Å². The number of carbonyl (C=O) groups is 1. The predicted octanol–water partition coefficient (Wildman–Crippen LogP) is 3.66. The molecule has 0 spiro atoms. The molecule has 212 valence electrons. The molecule has 3 aromatic rings. The van der Waals surface area contributed by atoms with E-state index in [4.69, 9.17) is 9.97 Å². The van der Waals surface area contributed by atoms with Gasteiger partial charge in [-0.05, 0) is 75.3 Å². The number of halogens is 2. The smallest absolute Gasteiger partial charge is 0.243 e. The van der Waals surface area contributed by atoms with Crippen LogP contribution < -0.4 is 10.2 Å². The molecule has 1 atom stereocenters. The zero-order valence-corrected chi connectivity index (χ0v) is 24.7. The predicted molar refractivity (Wildman–Crippen MR) is 155 cm³/mol. The number of sulfonamides is 1. The fourth-order valence-corrected chi connectivity index (χ4v) is 6.98. The van der Waals surface area contributed by atoms with E-state index in [0.717, 1.165) is 60.5 Å². The lowest BCUT2D eigenvalue weighted by atomic mass is 10.1. The Labute approximate surface area is 242 Å². The molecule has 0 bridgehead atoms. The molecule has 3 heterocycles. The highest BCUT2D eigenvalue weighted by molar-refractivity contribution is 9.10. The van der Waals surface area contributed by atoms with Gasteiger partial charge in [0.1, 0.15) is 11.9 Å². The summed E-state index contributed by atoms with van der Waals surface area (Å²) >= 11 is 3.48. The minimum atomic E-state index is -3.94. The molecule has 9 nitrogen and oxygen atoms in total. The van der Waals surface area contributed by atoms with Gasteiger partial charge in [0.2, 0.25) is 21.9 Å². The maximum absolute atomic E-state index is 13.4. The first-order chi connectivity index (χ1) is 19.2. The summed E-state index contributed by atoms with van der Waals surface area (Å²) in [4.78, 5) is 27.4. The van der Waals surface area contributed by atoms with Gasteiger partial charge in [-0.15, -0.1) is 0 Å². The number of benzene rings is 2. The fraction of sp³-hybridized carbons (Fsp3) is 0.393. The number of aromatic nitrogens is 2. The van der Waals surface area contributed by atoms with Crippen LogP contribution in [0.2, 0.25) is 0 Å². The second-order valence-corrected chi connectivity index (χ2v) is 12.9. The van der Waals surface area contributed by atoms with Crippen LogP contribution in [0.15, 0.2) is 64.0 Å². The summed E-state index contributed by atoms with van der Waals surface area (Å²) in [6.45, 7) is 3.89. The summed E-state index contributed by atoms with van der Waals surface area (Å²) in [5, 5.41) is 2.91. The summed E-state index contributed by atoms with van der Waals surface area (Å²) < 4.78 is 42.0. The van der Waals surface area contributed by atoms with E-state index in [-0.39, 0.29) is 23.9 Å². The highest BCUT2D eigenvalue weighted by atomic mass is 79.9. The van der Waals surface area contributed by atoms with Crippen LogP contribution in [0.4, 0.5) is 10.3 Å². The Morgan fingerprint density at radius 1 is 1.00 bits per heavy atom. The van der Waals surface area contributed by atoms with Gasteiger partial charge >= 0.3 is 0 Å². The fourth-order valence-electron chi connectivity index (χ4n) is 5.06. The first kappa shape index (κ1) is 28.6. The maximum atomic E-state index is 13.4. The molecule has 40 heavy (non-hydrogen) atoms. The highest BCUT2D eigenvalue weighted by Crippen LogP contribution is 2.27. The number of amides is 1. The summed E-state index contributed by atoms with van der Waals surface area (Å²) in [5.41, 5.74) is 2.32. The summed E-state index contributed by atoms with van der Waals surface area (Å²) in [6.07, 6.45) is 1.97. The standard InChI is InChI=1S/C28H32BrFN6O3S/c1-34-13-3-14-35(17-16-34)28-32-23(18-25(33-28)20-5-7-21(29)8-6-20)19-31-27(37)26-4-2-15-36(26)40(38,39)24-11-9-22(30)10-12-24/h5-12,18,26H,2-4,13-17,19H2,1H3,(H,31,37). The van der Waals surface area contributed by atoms with Crippen LogP contribution in [0, 0.1) is 5.82 Å². The van der Waals surface area contributed by atoms with E-state index >= 15 is 0 Å². The van der Waals surface area contributed by atoms with Crippen LogP contribution in [0.3, 0.4) is 0 Å². The van der Waals surface area contributed by atoms with Gasteiger partial charge in [0.05, 0.1) is 22.8 Å². The Morgan fingerprint density at radius 3 is 2.50 bits per heavy atom. The minimum Gasteiger partial charge on any atom is -0.349 e. The van der Waals surface area contributed by atoms with Crippen molar-refractivity contribution in [1.29, 1.82) is 0 Å². The number of anilines is 1. The van der Waals surface area contributed by atoms with Gasteiger partial charge in [-0.2, -0.15) is 4.31 Å². The number of rotatable bonds is 7. The Kier molecular flexibility index (Phi) is 8.79. The van der Waals surface area contributed by atoms with E-state index in [2.05, 4.69) is 38.1 Å². The third-order valence-corrected chi connectivity index (χ3v) is 9.73. The van der Waals surface area contributed by atoms with Gasteiger partial charge in [0.15, 0.2) is 0 Å². The topological polar surface area (TPSA) is 98.7 Å². The molecule has 1 amide bonds. The molecule has 1 N–H and O–H groups in total. The number of nitrogens with zero attached hydrogens (tertiary/aromatic N) is 5. The largest absolute Gasteiger partial charge is 0.349 e. The Bertz CT molecular complexity index is 1460. The van der Waals surface area contributed by atoms with Crippen LogP contribution in [0.25, 0.3) is 11.3 Å². The molecular formula is C28H32BrFN6O3S. The molecule has 1 unspecified atom stereocenters. The monoisotopic (exact) mass is 630 g/mol. The van der Waals surface area contributed by atoms with E-state index in [1.165, 1.54) is 16.4 Å². The van der Waals surface area contributed by atoms with Crippen molar-refractivity contribution in [2.45, 2.75) is 36.7 Å². The van der Waals surface area contributed by atoms with Gasteiger partial charge in [-0.25, -0.2) is 22.8 Å². The molecule has 2 saturated heterocycles. The first-order valence-electron chi connectivity index (χ1n) is 13.3. The van der Waals surface area contributed by atoms with Crippen molar-refractivity contribution in [3.05, 3.63) is 70.6 Å².